The van der Waals surface area contributed by atoms with Gasteiger partial charge in [-0.1, -0.05) is 0 Å². The summed E-state index contributed by atoms with van der Waals surface area (Å²) in [6.07, 6.45) is 1.40. The number of rotatable bonds is 3. The molecule has 1 N–H and O–H groups in total. The molecule has 3 rings (SSSR count). The Bertz CT molecular complexity index is 754. The molecule has 3 heterocycles. The van der Waals surface area contributed by atoms with Crippen LogP contribution >= 0.6 is 7.60 Å². The van der Waals surface area contributed by atoms with Crippen LogP contribution in [0.5, 0.6) is 0 Å². The lowest BCUT2D eigenvalue weighted by atomic mass is 10.0. The molecular weight excluding hydrogens is 323 g/mol. The van der Waals surface area contributed by atoms with Crippen LogP contribution in [0.15, 0.2) is 15.8 Å². The molecule has 0 radical (unpaired) electrons. The average Bonchev–Trinajstić information content (AvgIpc) is 2.83. The molecule has 0 saturated carbocycles. The van der Waals surface area contributed by atoms with Crippen molar-refractivity contribution in [3.63, 3.8) is 0 Å². The van der Waals surface area contributed by atoms with Crippen LogP contribution in [-0.2, 0) is 18.3 Å². The Morgan fingerprint density at radius 3 is 2.87 bits per heavy atom. The maximum Gasteiger partial charge on any atom is 0.331 e. The predicted molar refractivity (Wildman–Crippen MR) is 82.7 cm³/mol. The van der Waals surface area contributed by atoms with Gasteiger partial charge in [0.05, 0.1) is 25.0 Å². The van der Waals surface area contributed by atoms with E-state index in [2.05, 4.69) is 4.98 Å². The monoisotopic (exact) mass is 344 g/mol. The maximum atomic E-state index is 12.6. The first-order chi connectivity index (χ1) is 10.8. The van der Waals surface area contributed by atoms with Gasteiger partial charge in [-0.2, -0.15) is 0 Å². The summed E-state index contributed by atoms with van der Waals surface area (Å²) >= 11 is 0. The van der Waals surface area contributed by atoms with E-state index in [1.54, 1.807) is 6.92 Å². The third kappa shape index (κ3) is 3.35. The first-order valence-corrected chi connectivity index (χ1v) is 9.40. The lowest BCUT2D eigenvalue weighted by Crippen LogP contribution is -2.33. The van der Waals surface area contributed by atoms with Crippen molar-refractivity contribution in [2.24, 2.45) is 5.92 Å². The van der Waals surface area contributed by atoms with Gasteiger partial charge < -0.3 is 13.8 Å². The van der Waals surface area contributed by atoms with Crippen molar-refractivity contribution in [3.8, 4) is 0 Å². The van der Waals surface area contributed by atoms with Gasteiger partial charge in [-0.3, -0.25) is 18.9 Å². The minimum atomic E-state index is -3.11. The largest absolute Gasteiger partial charge is 0.352 e. The molecule has 0 aromatic carbocycles. The van der Waals surface area contributed by atoms with Crippen LogP contribution in [0, 0.1) is 12.8 Å². The Kier molecular flexibility index (Phi) is 4.35. The van der Waals surface area contributed by atoms with Crippen molar-refractivity contribution in [1.82, 2.24) is 9.55 Å². The van der Waals surface area contributed by atoms with Crippen molar-refractivity contribution >= 4 is 7.60 Å². The molecular formula is C14H21N2O6P. The van der Waals surface area contributed by atoms with Gasteiger partial charge in [0.25, 0.3) is 5.56 Å². The highest BCUT2D eigenvalue weighted by Gasteiger charge is 2.46. The van der Waals surface area contributed by atoms with Gasteiger partial charge in [0.2, 0.25) is 0 Å². The smallest absolute Gasteiger partial charge is 0.331 e. The van der Waals surface area contributed by atoms with Crippen LogP contribution in [0.3, 0.4) is 0 Å². The van der Waals surface area contributed by atoms with Crippen LogP contribution in [0.2, 0.25) is 0 Å². The summed E-state index contributed by atoms with van der Waals surface area (Å²) in [7, 11) is -3.11. The molecule has 0 spiro atoms. The molecule has 23 heavy (non-hydrogen) atoms. The summed E-state index contributed by atoms with van der Waals surface area (Å²) in [5.74, 6) is -0.00234. The van der Waals surface area contributed by atoms with E-state index < -0.39 is 25.1 Å². The van der Waals surface area contributed by atoms with E-state index in [1.807, 2.05) is 13.8 Å². The summed E-state index contributed by atoms with van der Waals surface area (Å²) in [6, 6.07) is 0. The topological polar surface area (TPSA) is 99.6 Å². The standard InChI is InChI=1S/C14H21N2O6P/c1-8(2)22-23(19)7-10-4-12(21-11(10)6-20-23)16-5-9(3)13(17)15-14(16)18/h5,8,10-12H,4,6-7H2,1-3H3,(H,15,17,18)/t10?,11-,12-,23?/m1/s1. The maximum absolute atomic E-state index is 12.6. The Morgan fingerprint density at radius 2 is 2.17 bits per heavy atom. The normalized spacial score (nSPS) is 33.8. The van der Waals surface area contributed by atoms with Gasteiger partial charge in [0.1, 0.15) is 6.23 Å². The Labute approximate surface area is 133 Å². The Hall–Kier alpha value is -1.21. The summed E-state index contributed by atoms with van der Waals surface area (Å²) < 4.78 is 30.7. The van der Waals surface area contributed by atoms with Gasteiger partial charge in [0, 0.05) is 17.7 Å². The number of aryl methyl sites for hydroxylation is 1. The zero-order valence-corrected chi connectivity index (χ0v) is 14.2. The fourth-order valence-electron chi connectivity index (χ4n) is 3.05. The fourth-order valence-corrected chi connectivity index (χ4v) is 5.27. The molecule has 9 heteroatoms. The second-order valence-electron chi connectivity index (χ2n) is 6.35. The number of ether oxygens (including phenoxy) is 1. The van der Waals surface area contributed by atoms with Crippen molar-refractivity contribution in [1.29, 1.82) is 0 Å². The summed E-state index contributed by atoms with van der Waals surface area (Å²) in [5, 5.41) is 0. The summed E-state index contributed by atoms with van der Waals surface area (Å²) in [4.78, 5) is 25.7. The van der Waals surface area contributed by atoms with E-state index in [4.69, 9.17) is 13.8 Å². The number of nitrogens with one attached hydrogen (secondary N) is 1. The Balaban J connectivity index is 1.79. The molecule has 2 fully saturated rings. The molecule has 8 nitrogen and oxygen atoms in total. The van der Waals surface area contributed by atoms with Crippen LogP contribution in [0.25, 0.3) is 0 Å². The van der Waals surface area contributed by atoms with Crippen molar-refractivity contribution < 1.29 is 18.3 Å². The van der Waals surface area contributed by atoms with Gasteiger partial charge >= 0.3 is 13.3 Å². The third-order valence-electron chi connectivity index (χ3n) is 4.08. The van der Waals surface area contributed by atoms with E-state index >= 15 is 0 Å². The number of aromatic nitrogens is 2. The molecule has 2 aliphatic heterocycles. The molecule has 0 bridgehead atoms. The van der Waals surface area contributed by atoms with E-state index in [-0.39, 0.29) is 30.9 Å². The number of hydrogen-bond donors (Lipinski definition) is 1. The van der Waals surface area contributed by atoms with Crippen molar-refractivity contribution in [3.05, 3.63) is 32.6 Å². The first kappa shape index (κ1) is 16.6. The van der Waals surface area contributed by atoms with Gasteiger partial charge in [-0.25, -0.2) is 4.79 Å². The van der Waals surface area contributed by atoms with Crippen LogP contribution in [0.4, 0.5) is 0 Å². The summed E-state index contributed by atoms with van der Waals surface area (Å²) in [5.41, 5.74) is -0.472. The van der Waals surface area contributed by atoms with E-state index in [1.165, 1.54) is 10.8 Å². The highest BCUT2D eigenvalue weighted by Crippen LogP contribution is 2.57. The lowest BCUT2D eigenvalue weighted by molar-refractivity contribution is -0.0361. The second kappa shape index (κ2) is 6.02. The van der Waals surface area contributed by atoms with E-state index in [9.17, 15) is 14.2 Å². The van der Waals surface area contributed by atoms with Gasteiger partial charge in [0.15, 0.2) is 0 Å². The average molecular weight is 344 g/mol. The predicted octanol–water partition coefficient (Wildman–Crippen LogP) is 1.40. The number of aromatic amines is 1. The minimum absolute atomic E-state index is 0.00234. The number of fused-ring (bicyclic) bond motifs is 1. The number of H-pyrrole nitrogens is 1. The first-order valence-electron chi connectivity index (χ1n) is 7.67. The molecule has 1 aromatic rings. The molecule has 128 valence electrons. The molecule has 2 aliphatic rings. The molecule has 0 aliphatic carbocycles. The molecule has 0 amide bonds. The molecule has 2 unspecified atom stereocenters. The van der Waals surface area contributed by atoms with Crippen molar-refractivity contribution in [2.75, 3.05) is 12.8 Å². The number of hydrogen-bond acceptors (Lipinski definition) is 6. The quantitative estimate of drug-likeness (QED) is 0.832. The Morgan fingerprint density at radius 1 is 1.43 bits per heavy atom. The zero-order valence-electron chi connectivity index (χ0n) is 13.4. The fraction of sp³-hybridized carbons (Fsp3) is 0.714. The van der Waals surface area contributed by atoms with E-state index in [0.29, 0.717) is 12.0 Å². The molecule has 4 atom stereocenters. The highest BCUT2D eigenvalue weighted by atomic mass is 31.2. The summed E-state index contributed by atoms with van der Waals surface area (Å²) in [6.45, 7) is 5.43. The van der Waals surface area contributed by atoms with Crippen LogP contribution < -0.4 is 11.2 Å². The SMILES string of the molecule is Cc1cn([C@H]2CC3CP(=O)(OC(C)C)OC[C@H]3O2)c(=O)[nH]c1=O. The second-order valence-corrected chi connectivity index (χ2v) is 8.40. The third-order valence-corrected chi connectivity index (χ3v) is 6.28. The van der Waals surface area contributed by atoms with E-state index in [0.717, 1.165) is 0 Å². The van der Waals surface area contributed by atoms with Gasteiger partial charge in [-0.15, -0.1) is 0 Å². The molecule has 1 aromatic heterocycles. The highest BCUT2D eigenvalue weighted by molar-refractivity contribution is 7.53. The number of nitrogens with zero attached hydrogens (tertiary/aromatic N) is 1. The molecule has 2 saturated heterocycles. The van der Waals surface area contributed by atoms with Crippen LogP contribution in [-0.4, -0.2) is 34.5 Å². The van der Waals surface area contributed by atoms with Crippen molar-refractivity contribution in [2.45, 2.75) is 45.6 Å². The van der Waals surface area contributed by atoms with Crippen LogP contribution in [0.1, 0.15) is 32.1 Å². The zero-order chi connectivity index (χ0) is 16.8. The minimum Gasteiger partial charge on any atom is -0.352 e. The lowest BCUT2D eigenvalue weighted by Gasteiger charge is -2.31. The van der Waals surface area contributed by atoms with Gasteiger partial charge in [-0.05, 0) is 27.2 Å².